The first-order chi connectivity index (χ1) is 11.3. The highest BCUT2D eigenvalue weighted by atomic mass is 32.2. The first-order valence-electron chi connectivity index (χ1n) is 6.86. The molecule has 1 aromatic carbocycles. The molecule has 2 unspecified atom stereocenters. The molecular formula is C14H14N2O7S. The van der Waals surface area contributed by atoms with Crippen molar-refractivity contribution in [2.45, 2.75) is 31.6 Å². The number of carbonyl (C=O) groups excluding carboxylic acids is 3. The van der Waals surface area contributed by atoms with E-state index in [0.29, 0.717) is 5.56 Å². The van der Waals surface area contributed by atoms with Crippen LogP contribution in [0.1, 0.15) is 18.9 Å². The fourth-order valence-electron chi connectivity index (χ4n) is 2.04. The van der Waals surface area contributed by atoms with E-state index in [2.05, 4.69) is 0 Å². The third kappa shape index (κ3) is 4.09. The standard InChI is InChI=1S/C14H14N2O7S/c1-8(17)24-12-6-11(18)15(12)13(19)14(20)23-7-9-2-4-10(5-3-9)16(21)22/h2-5,12-13,19H,6-7H2,1H3. The number of β-lactam (4-membered cyclic amide) rings is 1. The molecule has 1 N–H and O–H groups in total. The van der Waals surface area contributed by atoms with Crippen LogP contribution in [0.3, 0.4) is 0 Å². The predicted octanol–water partition coefficient (Wildman–Crippen LogP) is 0.794. The van der Waals surface area contributed by atoms with Crippen LogP contribution in [-0.2, 0) is 25.7 Å². The van der Waals surface area contributed by atoms with Crippen molar-refractivity contribution in [3.63, 3.8) is 0 Å². The number of hydrogen-bond donors (Lipinski definition) is 1. The summed E-state index contributed by atoms with van der Waals surface area (Å²) in [6, 6.07) is 5.36. The van der Waals surface area contributed by atoms with Crippen molar-refractivity contribution in [3.05, 3.63) is 39.9 Å². The normalized spacial score (nSPS) is 17.8. The van der Waals surface area contributed by atoms with Gasteiger partial charge in [-0.1, -0.05) is 11.8 Å². The number of rotatable bonds is 6. The van der Waals surface area contributed by atoms with E-state index >= 15 is 0 Å². The van der Waals surface area contributed by atoms with Gasteiger partial charge in [-0.2, -0.15) is 0 Å². The van der Waals surface area contributed by atoms with Crippen LogP contribution in [0, 0.1) is 10.1 Å². The Hall–Kier alpha value is -2.46. The molecule has 2 atom stereocenters. The number of aliphatic hydroxyl groups is 1. The predicted molar refractivity (Wildman–Crippen MR) is 82.4 cm³/mol. The summed E-state index contributed by atoms with van der Waals surface area (Å²) in [5.41, 5.74) is 0.395. The Kier molecular flexibility index (Phi) is 5.52. The molecule has 10 heteroatoms. The molecule has 0 radical (unpaired) electrons. The molecular weight excluding hydrogens is 340 g/mol. The molecule has 1 amide bonds. The van der Waals surface area contributed by atoms with Gasteiger partial charge in [-0.25, -0.2) is 4.79 Å². The Morgan fingerprint density at radius 2 is 2.08 bits per heavy atom. The Morgan fingerprint density at radius 1 is 1.46 bits per heavy atom. The van der Waals surface area contributed by atoms with Crippen molar-refractivity contribution >= 4 is 34.4 Å². The number of esters is 1. The van der Waals surface area contributed by atoms with E-state index in [4.69, 9.17) is 4.74 Å². The van der Waals surface area contributed by atoms with Gasteiger partial charge in [-0.3, -0.25) is 24.6 Å². The lowest BCUT2D eigenvalue weighted by Gasteiger charge is -2.40. The van der Waals surface area contributed by atoms with Gasteiger partial charge in [0, 0.05) is 19.1 Å². The zero-order valence-corrected chi connectivity index (χ0v) is 13.4. The van der Waals surface area contributed by atoms with Crippen molar-refractivity contribution in [3.8, 4) is 0 Å². The fourth-order valence-corrected chi connectivity index (χ4v) is 3.00. The smallest absolute Gasteiger partial charge is 0.356 e. The van der Waals surface area contributed by atoms with Crippen molar-refractivity contribution in [1.29, 1.82) is 0 Å². The molecule has 1 saturated heterocycles. The van der Waals surface area contributed by atoms with E-state index in [-0.39, 0.29) is 23.8 Å². The third-order valence-electron chi connectivity index (χ3n) is 3.25. The maximum atomic E-state index is 11.8. The second-order valence-corrected chi connectivity index (χ2v) is 6.33. The molecule has 1 aliphatic rings. The summed E-state index contributed by atoms with van der Waals surface area (Å²) in [6.45, 7) is 1.12. The third-order valence-corrected chi connectivity index (χ3v) is 4.25. The first-order valence-corrected chi connectivity index (χ1v) is 7.74. The zero-order chi connectivity index (χ0) is 17.9. The number of amides is 1. The van der Waals surface area contributed by atoms with Gasteiger partial charge >= 0.3 is 5.97 Å². The molecule has 0 aromatic heterocycles. The average molecular weight is 354 g/mol. The summed E-state index contributed by atoms with van der Waals surface area (Å²) >= 11 is 0.852. The summed E-state index contributed by atoms with van der Waals surface area (Å²) in [5.74, 6) is -1.48. The lowest BCUT2D eigenvalue weighted by Crippen LogP contribution is -2.59. The number of nitro groups is 1. The quantitative estimate of drug-likeness (QED) is 0.344. The number of aliphatic hydroxyl groups excluding tert-OH is 1. The number of non-ortho nitro benzene ring substituents is 1. The highest BCUT2D eigenvalue weighted by Crippen LogP contribution is 2.31. The number of thioether (sulfide) groups is 1. The fraction of sp³-hybridized carbons (Fsp3) is 0.357. The highest BCUT2D eigenvalue weighted by Gasteiger charge is 2.44. The molecule has 0 spiro atoms. The first kappa shape index (κ1) is 17.9. The van der Waals surface area contributed by atoms with Crippen LogP contribution in [0.5, 0.6) is 0 Å². The van der Waals surface area contributed by atoms with Crippen LogP contribution in [0.25, 0.3) is 0 Å². The molecule has 0 aliphatic carbocycles. The van der Waals surface area contributed by atoms with Gasteiger partial charge in [-0.15, -0.1) is 0 Å². The largest absolute Gasteiger partial charge is 0.457 e. The van der Waals surface area contributed by atoms with Gasteiger partial charge in [0.1, 0.15) is 6.61 Å². The maximum absolute atomic E-state index is 11.8. The van der Waals surface area contributed by atoms with Crippen LogP contribution in [0.15, 0.2) is 24.3 Å². The molecule has 128 valence electrons. The maximum Gasteiger partial charge on any atom is 0.356 e. The summed E-state index contributed by atoms with van der Waals surface area (Å²) in [7, 11) is 0. The van der Waals surface area contributed by atoms with E-state index in [9.17, 15) is 29.6 Å². The van der Waals surface area contributed by atoms with Crippen LogP contribution in [-0.4, -0.2) is 43.5 Å². The molecule has 0 bridgehead atoms. The van der Waals surface area contributed by atoms with Gasteiger partial charge in [0.15, 0.2) is 5.12 Å². The van der Waals surface area contributed by atoms with E-state index < -0.39 is 28.4 Å². The molecule has 1 heterocycles. The van der Waals surface area contributed by atoms with Crippen molar-refractivity contribution in [1.82, 2.24) is 4.90 Å². The molecule has 1 aromatic rings. The molecule has 2 rings (SSSR count). The Bertz CT molecular complexity index is 676. The van der Waals surface area contributed by atoms with E-state index in [1.807, 2.05) is 0 Å². The monoisotopic (exact) mass is 354 g/mol. The summed E-state index contributed by atoms with van der Waals surface area (Å²) in [4.78, 5) is 45.3. The number of nitro benzene ring substituents is 1. The van der Waals surface area contributed by atoms with Crippen LogP contribution < -0.4 is 0 Å². The van der Waals surface area contributed by atoms with Crippen LogP contribution >= 0.6 is 11.8 Å². The number of hydrogen-bond acceptors (Lipinski definition) is 8. The number of likely N-dealkylation sites (tertiary alicyclic amines) is 1. The highest BCUT2D eigenvalue weighted by molar-refractivity contribution is 8.14. The number of carbonyl (C=O) groups is 3. The van der Waals surface area contributed by atoms with Crippen molar-refractivity contribution in [2.24, 2.45) is 0 Å². The molecule has 0 saturated carbocycles. The number of ether oxygens (including phenoxy) is 1. The number of nitrogens with zero attached hydrogens (tertiary/aromatic N) is 2. The number of benzene rings is 1. The second-order valence-electron chi connectivity index (χ2n) is 4.97. The van der Waals surface area contributed by atoms with Crippen molar-refractivity contribution < 1.29 is 29.2 Å². The minimum atomic E-state index is -1.79. The summed E-state index contributed by atoms with van der Waals surface area (Å²) in [6.07, 6.45) is -1.72. The van der Waals surface area contributed by atoms with Gasteiger partial charge in [0.25, 0.3) is 5.69 Å². The van der Waals surface area contributed by atoms with Gasteiger partial charge in [-0.05, 0) is 17.7 Å². The van der Waals surface area contributed by atoms with Gasteiger partial charge in [0.05, 0.1) is 16.7 Å². The van der Waals surface area contributed by atoms with E-state index in [1.54, 1.807) is 0 Å². The minimum absolute atomic E-state index is 0.0664. The summed E-state index contributed by atoms with van der Waals surface area (Å²) < 4.78 is 4.90. The lowest BCUT2D eigenvalue weighted by atomic mass is 10.2. The van der Waals surface area contributed by atoms with Crippen LogP contribution in [0.4, 0.5) is 5.69 Å². The molecule has 1 aliphatic heterocycles. The lowest BCUT2D eigenvalue weighted by molar-refractivity contribution is -0.384. The minimum Gasteiger partial charge on any atom is -0.457 e. The van der Waals surface area contributed by atoms with E-state index in [1.165, 1.54) is 31.2 Å². The molecule has 1 fully saturated rings. The van der Waals surface area contributed by atoms with Gasteiger partial charge < -0.3 is 9.84 Å². The SMILES string of the molecule is CC(=O)SC1CC(=O)N1C(O)C(=O)OCc1ccc([N+](=O)[O-])cc1. The van der Waals surface area contributed by atoms with Gasteiger partial charge in [0.2, 0.25) is 12.1 Å². The molecule has 24 heavy (non-hydrogen) atoms. The van der Waals surface area contributed by atoms with Crippen molar-refractivity contribution in [2.75, 3.05) is 0 Å². The Labute approximate surface area is 140 Å². The topological polar surface area (TPSA) is 127 Å². The zero-order valence-electron chi connectivity index (χ0n) is 12.6. The van der Waals surface area contributed by atoms with E-state index in [0.717, 1.165) is 16.7 Å². The average Bonchev–Trinajstić information content (AvgIpc) is 2.51. The van der Waals surface area contributed by atoms with Crippen LogP contribution in [0.2, 0.25) is 0 Å². The summed E-state index contributed by atoms with van der Waals surface area (Å²) in [5, 5.41) is 19.6. The molecule has 9 nitrogen and oxygen atoms in total. The Morgan fingerprint density at radius 3 is 2.58 bits per heavy atom. The Balaban J connectivity index is 1.90. The second kappa shape index (κ2) is 7.41.